The first-order valence-corrected chi connectivity index (χ1v) is 9.65. The molecule has 0 radical (unpaired) electrons. The number of nitrogens with zero attached hydrogens (tertiary/aromatic N) is 4. The van der Waals surface area contributed by atoms with Crippen molar-refractivity contribution in [1.29, 1.82) is 0 Å². The van der Waals surface area contributed by atoms with Crippen LogP contribution in [0.15, 0.2) is 24.4 Å². The fraction of sp³-hybridized carbons (Fsp3) is 0.600. The first-order valence-electron chi connectivity index (χ1n) is 9.65. The van der Waals surface area contributed by atoms with Crippen LogP contribution in [0.4, 0.5) is 0 Å². The Morgan fingerprint density at radius 3 is 3.04 bits per heavy atom. The zero-order valence-corrected chi connectivity index (χ0v) is 15.7. The van der Waals surface area contributed by atoms with Crippen LogP contribution in [0, 0.1) is 0 Å². The molecule has 0 spiro atoms. The van der Waals surface area contributed by atoms with Crippen molar-refractivity contribution in [3.63, 3.8) is 0 Å². The normalized spacial score (nSPS) is 23.2. The molecule has 0 saturated carbocycles. The maximum atomic E-state index is 11.2. The molecule has 0 bridgehead atoms. The number of piperidine rings is 1. The minimum Gasteiger partial charge on any atom is -0.493 e. The monoisotopic (exact) mass is 356 g/mol. The SMILES string of the molecule is CC(C)n1cc([C@]2(O)CCCN(CCc3ccc4c(c3)CCO4)C2)nn1. The summed E-state index contributed by atoms with van der Waals surface area (Å²) < 4.78 is 7.40. The van der Waals surface area contributed by atoms with Gasteiger partial charge in [0.1, 0.15) is 17.0 Å². The van der Waals surface area contributed by atoms with Crippen molar-refractivity contribution in [2.24, 2.45) is 0 Å². The lowest BCUT2D eigenvalue weighted by Gasteiger charge is -2.38. The molecule has 6 nitrogen and oxygen atoms in total. The Hall–Kier alpha value is -1.92. The summed E-state index contributed by atoms with van der Waals surface area (Å²) in [6.45, 7) is 7.52. The van der Waals surface area contributed by atoms with Gasteiger partial charge >= 0.3 is 0 Å². The lowest BCUT2D eigenvalue weighted by Crippen LogP contribution is -2.47. The van der Waals surface area contributed by atoms with E-state index in [0.29, 0.717) is 12.2 Å². The largest absolute Gasteiger partial charge is 0.493 e. The van der Waals surface area contributed by atoms with E-state index in [1.807, 2.05) is 10.9 Å². The molecule has 6 heteroatoms. The van der Waals surface area contributed by atoms with Gasteiger partial charge in [-0.25, -0.2) is 4.68 Å². The molecule has 0 aliphatic carbocycles. The lowest BCUT2D eigenvalue weighted by atomic mass is 9.89. The van der Waals surface area contributed by atoms with Gasteiger partial charge in [0.25, 0.3) is 0 Å². The van der Waals surface area contributed by atoms with E-state index in [0.717, 1.165) is 51.1 Å². The van der Waals surface area contributed by atoms with Crippen LogP contribution in [0.25, 0.3) is 0 Å². The number of fused-ring (bicyclic) bond motifs is 1. The van der Waals surface area contributed by atoms with Crippen LogP contribution in [0.3, 0.4) is 0 Å². The molecular formula is C20H28N4O2. The third kappa shape index (κ3) is 3.48. The van der Waals surface area contributed by atoms with Gasteiger partial charge in [-0.3, -0.25) is 4.90 Å². The van der Waals surface area contributed by atoms with Crippen LogP contribution >= 0.6 is 0 Å². The van der Waals surface area contributed by atoms with E-state index in [-0.39, 0.29) is 6.04 Å². The number of hydrogen-bond acceptors (Lipinski definition) is 5. The smallest absolute Gasteiger partial charge is 0.123 e. The minimum absolute atomic E-state index is 0.253. The van der Waals surface area contributed by atoms with Crippen molar-refractivity contribution in [2.75, 3.05) is 26.2 Å². The molecular weight excluding hydrogens is 328 g/mol. The zero-order chi connectivity index (χ0) is 18.1. The van der Waals surface area contributed by atoms with Crippen molar-refractivity contribution in [2.45, 2.75) is 51.2 Å². The zero-order valence-electron chi connectivity index (χ0n) is 15.7. The van der Waals surface area contributed by atoms with Gasteiger partial charge in [0.2, 0.25) is 0 Å². The van der Waals surface area contributed by atoms with Crippen LogP contribution in [0.2, 0.25) is 0 Å². The van der Waals surface area contributed by atoms with Crippen LogP contribution in [-0.2, 0) is 18.4 Å². The van der Waals surface area contributed by atoms with E-state index in [2.05, 4.69) is 47.3 Å². The van der Waals surface area contributed by atoms with Crippen molar-refractivity contribution >= 4 is 0 Å². The second-order valence-electron chi connectivity index (χ2n) is 7.88. The summed E-state index contributed by atoms with van der Waals surface area (Å²) in [7, 11) is 0. The summed E-state index contributed by atoms with van der Waals surface area (Å²) in [5.41, 5.74) is 2.47. The molecule has 4 rings (SSSR count). The van der Waals surface area contributed by atoms with E-state index in [1.54, 1.807) is 0 Å². The van der Waals surface area contributed by atoms with Gasteiger partial charge in [0.05, 0.1) is 12.8 Å². The maximum Gasteiger partial charge on any atom is 0.123 e. The molecule has 26 heavy (non-hydrogen) atoms. The summed E-state index contributed by atoms with van der Waals surface area (Å²) in [6.07, 6.45) is 5.62. The van der Waals surface area contributed by atoms with Crippen LogP contribution in [0.5, 0.6) is 5.75 Å². The molecule has 1 fully saturated rings. The molecule has 1 aromatic carbocycles. The summed E-state index contributed by atoms with van der Waals surface area (Å²) in [5, 5.41) is 19.6. The Labute approximate surface area is 154 Å². The summed E-state index contributed by atoms with van der Waals surface area (Å²) in [4.78, 5) is 2.35. The number of ether oxygens (including phenoxy) is 1. The average Bonchev–Trinajstić information content (AvgIpc) is 3.29. The molecule has 1 saturated heterocycles. The number of aliphatic hydroxyl groups is 1. The number of likely N-dealkylation sites (tertiary alicyclic amines) is 1. The Balaban J connectivity index is 1.40. The predicted octanol–water partition coefficient (Wildman–Crippen LogP) is 2.32. The van der Waals surface area contributed by atoms with Gasteiger partial charge in [0.15, 0.2) is 0 Å². The molecule has 2 aliphatic heterocycles. The Bertz CT molecular complexity index is 773. The van der Waals surface area contributed by atoms with Crippen LogP contribution in [0.1, 0.15) is 49.6 Å². The third-order valence-electron chi connectivity index (χ3n) is 5.54. The van der Waals surface area contributed by atoms with E-state index >= 15 is 0 Å². The maximum absolute atomic E-state index is 11.2. The van der Waals surface area contributed by atoms with Crippen molar-refractivity contribution < 1.29 is 9.84 Å². The van der Waals surface area contributed by atoms with Crippen LogP contribution < -0.4 is 4.74 Å². The Morgan fingerprint density at radius 2 is 2.23 bits per heavy atom. The molecule has 1 N–H and O–H groups in total. The van der Waals surface area contributed by atoms with Crippen molar-refractivity contribution in [1.82, 2.24) is 19.9 Å². The molecule has 2 aliphatic rings. The molecule has 0 unspecified atom stereocenters. The highest BCUT2D eigenvalue weighted by Gasteiger charge is 2.37. The fourth-order valence-electron chi connectivity index (χ4n) is 3.95. The second kappa shape index (κ2) is 7.00. The van der Waals surface area contributed by atoms with Gasteiger partial charge in [-0.15, -0.1) is 5.10 Å². The average molecular weight is 356 g/mol. The number of β-amino-alcohol motifs (C(OH)–C–C–N with tert-alkyl or cyclic N) is 1. The quantitative estimate of drug-likeness (QED) is 0.891. The number of benzene rings is 1. The van der Waals surface area contributed by atoms with Gasteiger partial charge in [-0.05, 0) is 56.8 Å². The van der Waals surface area contributed by atoms with E-state index in [1.165, 1.54) is 11.1 Å². The first-order chi connectivity index (χ1) is 12.5. The Morgan fingerprint density at radius 1 is 1.35 bits per heavy atom. The highest BCUT2D eigenvalue weighted by atomic mass is 16.5. The molecule has 0 amide bonds. The first kappa shape index (κ1) is 17.5. The summed E-state index contributed by atoms with van der Waals surface area (Å²) >= 11 is 0. The summed E-state index contributed by atoms with van der Waals surface area (Å²) in [5.74, 6) is 1.04. The predicted molar refractivity (Wildman–Crippen MR) is 99.3 cm³/mol. The highest BCUT2D eigenvalue weighted by Crippen LogP contribution is 2.31. The summed E-state index contributed by atoms with van der Waals surface area (Å²) in [6, 6.07) is 6.78. The number of rotatable bonds is 5. The van der Waals surface area contributed by atoms with E-state index in [4.69, 9.17) is 4.74 Å². The van der Waals surface area contributed by atoms with Crippen molar-refractivity contribution in [3.05, 3.63) is 41.2 Å². The van der Waals surface area contributed by atoms with E-state index < -0.39 is 5.60 Å². The van der Waals surface area contributed by atoms with Gasteiger partial charge in [-0.1, -0.05) is 17.3 Å². The molecule has 1 atom stereocenters. The molecule has 140 valence electrons. The standard InChI is InChI=1S/C20H28N4O2/c1-15(2)24-13-19(21-22-24)20(25)8-3-9-23(14-20)10-6-16-4-5-18-17(12-16)7-11-26-18/h4-5,12-13,15,25H,3,6-11,14H2,1-2H3/t20-/m0/s1. The van der Waals surface area contributed by atoms with Crippen molar-refractivity contribution in [3.8, 4) is 5.75 Å². The molecule has 3 heterocycles. The topological polar surface area (TPSA) is 63.4 Å². The van der Waals surface area contributed by atoms with E-state index in [9.17, 15) is 5.11 Å². The number of aromatic nitrogens is 3. The van der Waals surface area contributed by atoms with Gasteiger partial charge in [0, 0.05) is 25.6 Å². The number of hydrogen-bond donors (Lipinski definition) is 1. The fourth-order valence-corrected chi connectivity index (χ4v) is 3.95. The Kier molecular flexibility index (Phi) is 4.71. The second-order valence-corrected chi connectivity index (χ2v) is 7.88. The van der Waals surface area contributed by atoms with Gasteiger partial charge in [-0.2, -0.15) is 0 Å². The molecule has 1 aromatic heterocycles. The minimum atomic E-state index is -0.892. The third-order valence-corrected chi connectivity index (χ3v) is 5.54. The molecule has 2 aromatic rings. The highest BCUT2D eigenvalue weighted by molar-refractivity contribution is 5.39. The van der Waals surface area contributed by atoms with Crippen LogP contribution in [-0.4, -0.2) is 51.2 Å². The van der Waals surface area contributed by atoms with Gasteiger partial charge < -0.3 is 9.84 Å². The lowest BCUT2D eigenvalue weighted by molar-refractivity contribution is -0.0385.